The number of aryl methyl sites for hydroxylation is 3. The highest BCUT2D eigenvalue weighted by Crippen LogP contribution is 2.38. The van der Waals surface area contributed by atoms with Crippen LogP contribution in [0.15, 0.2) is 60.7 Å². The van der Waals surface area contributed by atoms with Gasteiger partial charge in [-0.05, 0) is 79.0 Å². The Balaban J connectivity index is 1.60. The zero-order valence-corrected chi connectivity index (χ0v) is 26.3. The van der Waals surface area contributed by atoms with Gasteiger partial charge in [-0.1, -0.05) is 50.2 Å². The second-order valence-corrected chi connectivity index (χ2v) is 12.7. The third-order valence-corrected chi connectivity index (χ3v) is 8.86. The first-order valence-electron chi connectivity index (χ1n) is 14.9. The molecule has 2 aromatic carbocycles. The molecule has 0 unspecified atom stereocenters. The lowest BCUT2D eigenvalue weighted by molar-refractivity contribution is 0.0939. The lowest BCUT2D eigenvalue weighted by atomic mass is 9.91. The molecule has 0 spiro atoms. The van der Waals surface area contributed by atoms with Crippen molar-refractivity contribution in [2.75, 3.05) is 0 Å². The van der Waals surface area contributed by atoms with Crippen LogP contribution in [0, 0.1) is 22.6 Å². The highest BCUT2D eigenvalue weighted by Gasteiger charge is 2.30. The third-order valence-electron chi connectivity index (χ3n) is 7.76. The molecule has 0 saturated carbocycles. The van der Waals surface area contributed by atoms with E-state index in [2.05, 4.69) is 11.4 Å². The predicted molar refractivity (Wildman–Crippen MR) is 175 cm³/mol. The molecule has 0 radical (unpaired) electrons. The number of ether oxygens (including phenoxy) is 1. The standard InChI is InChI=1S/C35H36FN5O3S/c1-19(2)18-27-30(33(38)42)32(28-16-17-29(45-28)35(43)41-25-15-11-22-6-4-5-7-24(22)25)31(34(39)44-20(3)37)26(40-27)14-10-21-8-12-23(36)13-9-21/h4-9,12-13,16-17,19,25,37,39H,10-11,14-15,18H2,1-3H3,(H2,38,42)(H,41,43)/t25-/m1/s1. The molecule has 2 amide bonds. The minimum absolute atomic E-state index is 0.0928. The highest BCUT2D eigenvalue weighted by molar-refractivity contribution is 7.17. The first kappa shape index (κ1) is 31.7. The Morgan fingerprint density at radius 3 is 2.47 bits per heavy atom. The first-order valence-corrected chi connectivity index (χ1v) is 15.7. The van der Waals surface area contributed by atoms with Crippen LogP contribution in [0.3, 0.4) is 0 Å². The Morgan fingerprint density at radius 2 is 1.78 bits per heavy atom. The van der Waals surface area contributed by atoms with Gasteiger partial charge in [0.1, 0.15) is 5.82 Å². The lowest BCUT2D eigenvalue weighted by Gasteiger charge is -2.21. The number of aromatic nitrogens is 1. The lowest BCUT2D eigenvalue weighted by Crippen LogP contribution is -2.26. The molecule has 232 valence electrons. The summed E-state index contributed by atoms with van der Waals surface area (Å²) in [6, 6.07) is 17.6. The number of nitrogens with two attached hydrogens (primary N) is 1. The molecule has 1 atom stereocenters. The Labute approximate surface area is 265 Å². The minimum Gasteiger partial charge on any atom is -0.425 e. The van der Waals surface area contributed by atoms with Crippen LogP contribution in [0.4, 0.5) is 4.39 Å². The van der Waals surface area contributed by atoms with Crippen molar-refractivity contribution in [2.24, 2.45) is 11.7 Å². The topological polar surface area (TPSA) is 142 Å². The van der Waals surface area contributed by atoms with Crippen molar-refractivity contribution in [3.05, 3.63) is 111 Å². The van der Waals surface area contributed by atoms with Crippen molar-refractivity contribution < 1.29 is 18.7 Å². The van der Waals surface area contributed by atoms with Gasteiger partial charge in [0.25, 0.3) is 11.8 Å². The van der Waals surface area contributed by atoms with Crippen LogP contribution in [0.5, 0.6) is 0 Å². The van der Waals surface area contributed by atoms with E-state index in [-0.39, 0.29) is 46.6 Å². The summed E-state index contributed by atoms with van der Waals surface area (Å²) in [5.74, 6) is -1.69. The molecule has 4 aromatic rings. The largest absolute Gasteiger partial charge is 0.425 e. The summed E-state index contributed by atoms with van der Waals surface area (Å²) >= 11 is 1.20. The third kappa shape index (κ3) is 7.17. The number of carbonyl (C=O) groups excluding carboxylic acids is 2. The second-order valence-electron chi connectivity index (χ2n) is 11.6. The first-order chi connectivity index (χ1) is 21.5. The molecule has 1 aliphatic carbocycles. The minimum atomic E-state index is -0.708. The Kier molecular flexibility index (Phi) is 9.53. The Bertz CT molecular complexity index is 1780. The van der Waals surface area contributed by atoms with Crippen LogP contribution in [-0.4, -0.2) is 28.6 Å². The number of hydrogen-bond donors (Lipinski definition) is 4. The number of pyridine rings is 1. The van der Waals surface area contributed by atoms with Crippen LogP contribution in [0.25, 0.3) is 10.4 Å². The number of thiophene rings is 1. The summed E-state index contributed by atoms with van der Waals surface area (Å²) in [4.78, 5) is 32.5. The van der Waals surface area contributed by atoms with Gasteiger partial charge < -0.3 is 15.8 Å². The molecule has 45 heavy (non-hydrogen) atoms. The van der Waals surface area contributed by atoms with Crippen molar-refractivity contribution in [1.29, 1.82) is 10.8 Å². The molecule has 0 bridgehead atoms. The van der Waals surface area contributed by atoms with E-state index in [1.165, 1.54) is 36.0 Å². The number of halogens is 1. The smallest absolute Gasteiger partial charge is 0.261 e. The van der Waals surface area contributed by atoms with Crippen molar-refractivity contribution in [3.8, 4) is 10.4 Å². The summed E-state index contributed by atoms with van der Waals surface area (Å²) in [6.45, 7) is 5.43. The maximum absolute atomic E-state index is 13.6. The second kappa shape index (κ2) is 13.5. The van der Waals surface area contributed by atoms with E-state index in [1.54, 1.807) is 24.3 Å². The average molecular weight is 626 g/mol. The normalized spacial score (nSPS) is 13.8. The molecular weight excluding hydrogens is 589 g/mol. The van der Waals surface area contributed by atoms with Gasteiger partial charge in [-0.15, -0.1) is 11.3 Å². The fraction of sp³-hybridized carbons (Fsp3) is 0.286. The maximum Gasteiger partial charge on any atom is 0.261 e. The summed E-state index contributed by atoms with van der Waals surface area (Å²) in [6.07, 6.45) is 2.99. The SMILES string of the molecule is CC(=N)OC(=N)c1c(CCc2ccc(F)cc2)nc(CC(C)C)c(C(N)=O)c1-c1ccc(C(=O)N[C@@H]2CCc3ccccc32)s1. The van der Waals surface area contributed by atoms with Crippen LogP contribution in [0.2, 0.25) is 0 Å². The summed E-state index contributed by atoms with van der Waals surface area (Å²) in [5.41, 5.74) is 11.0. The van der Waals surface area contributed by atoms with Crippen molar-refractivity contribution in [2.45, 2.75) is 58.9 Å². The van der Waals surface area contributed by atoms with Gasteiger partial charge in [0.15, 0.2) is 5.90 Å². The zero-order chi connectivity index (χ0) is 32.2. The zero-order valence-electron chi connectivity index (χ0n) is 25.5. The number of fused-ring (bicyclic) bond motifs is 1. The van der Waals surface area contributed by atoms with E-state index < -0.39 is 5.91 Å². The number of amides is 2. The molecule has 1 aliphatic rings. The number of hydrogen-bond acceptors (Lipinski definition) is 7. The van der Waals surface area contributed by atoms with Gasteiger partial charge in [0, 0.05) is 17.4 Å². The molecule has 0 fully saturated rings. The number of benzene rings is 2. The molecule has 5 rings (SSSR count). The quantitative estimate of drug-likeness (QED) is 0.114. The van der Waals surface area contributed by atoms with Crippen LogP contribution >= 0.6 is 11.3 Å². The fourth-order valence-corrected chi connectivity index (χ4v) is 6.78. The van der Waals surface area contributed by atoms with Gasteiger partial charge in [0.05, 0.1) is 33.4 Å². The summed E-state index contributed by atoms with van der Waals surface area (Å²) in [5, 5.41) is 19.9. The molecule has 2 heterocycles. The van der Waals surface area contributed by atoms with E-state index >= 15 is 0 Å². The molecular formula is C35H36FN5O3S. The Morgan fingerprint density at radius 1 is 1.04 bits per heavy atom. The van der Waals surface area contributed by atoms with Gasteiger partial charge in [-0.3, -0.25) is 25.4 Å². The van der Waals surface area contributed by atoms with Crippen molar-refractivity contribution in [3.63, 3.8) is 0 Å². The van der Waals surface area contributed by atoms with Crippen LogP contribution < -0.4 is 11.1 Å². The average Bonchev–Trinajstić information content (AvgIpc) is 3.63. The van der Waals surface area contributed by atoms with Gasteiger partial charge in [-0.25, -0.2) is 4.39 Å². The van der Waals surface area contributed by atoms with E-state index in [4.69, 9.17) is 26.3 Å². The van der Waals surface area contributed by atoms with E-state index in [0.29, 0.717) is 46.0 Å². The van der Waals surface area contributed by atoms with Gasteiger partial charge >= 0.3 is 0 Å². The molecule has 2 aromatic heterocycles. The van der Waals surface area contributed by atoms with Crippen LogP contribution in [0.1, 0.15) is 86.9 Å². The monoisotopic (exact) mass is 625 g/mol. The molecule has 0 saturated heterocycles. The molecule has 5 N–H and O–H groups in total. The number of nitrogens with zero attached hydrogens (tertiary/aromatic N) is 1. The van der Waals surface area contributed by atoms with E-state index in [1.807, 2.05) is 32.0 Å². The highest BCUT2D eigenvalue weighted by atomic mass is 32.1. The summed E-state index contributed by atoms with van der Waals surface area (Å²) in [7, 11) is 0. The molecule has 10 heteroatoms. The van der Waals surface area contributed by atoms with Gasteiger partial charge in [-0.2, -0.15) is 0 Å². The maximum atomic E-state index is 13.6. The van der Waals surface area contributed by atoms with Crippen molar-refractivity contribution >= 4 is 34.9 Å². The van der Waals surface area contributed by atoms with E-state index in [0.717, 1.165) is 24.0 Å². The molecule has 8 nitrogen and oxygen atoms in total. The fourth-order valence-electron chi connectivity index (χ4n) is 5.81. The Hall–Kier alpha value is -4.70. The molecule has 0 aliphatic heterocycles. The van der Waals surface area contributed by atoms with Crippen LogP contribution in [-0.2, 0) is 30.4 Å². The summed E-state index contributed by atoms with van der Waals surface area (Å²) < 4.78 is 19.1. The van der Waals surface area contributed by atoms with Gasteiger partial charge in [0.2, 0.25) is 5.90 Å². The predicted octanol–water partition coefficient (Wildman–Crippen LogP) is 6.79. The van der Waals surface area contributed by atoms with E-state index in [9.17, 15) is 14.0 Å². The number of rotatable bonds is 10. The number of carbonyl (C=O) groups is 2. The number of nitrogens with one attached hydrogen (secondary N) is 3. The van der Waals surface area contributed by atoms with Crippen molar-refractivity contribution in [1.82, 2.24) is 10.3 Å². The number of primary amides is 1.